The molecule has 0 aliphatic carbocycles. The fraction of sp³-hybridized carbons (Fsp3) is 0.353. The highest BCUT2D eigenvalue weighted by Crippen LogP contribution is 2.32. The Kier molecular flexibility index (Phi) is 3.40. The molecule has 0 saturated carbocycles. The van der Waals surface area contributed by atoms with E-state index < -0.39 is 23.3 Å². The van der Waals surface area contributed by atoms with Gasteiger partial charge in [0.15, 0.2) is 5.57 Å². The van der Waals surface area contributed by atoms with E-state index in [4.69, 9.17) is 9.47 Å². The lowest BCUT2D eigenvalue weighted by atomic mass is 9.94. The third-order valence-electron chi connectivity index (χ3n) is 3.86. The number of esters is 2. The van der Waals surface area contributed by atoms with Crippen molar-refractivity contribution < 1.29 is 23.9 Å². The zero-order chi connectivity index (χ0) is 17.7. The summed E-state index contributed by atoms with van der Waals surface area (Å²) in [5.41, 5.74) is 1.35. The second kappa shape index (κ2) is 5.09. The number of amides is 1. The summed E-state index contributed by atoms with van der Waals surface area (Å²) in [4.78, 5) is 35.8. The zero-order valence-electron chi connectivity index (χ0n) is 13.9. The highest BCUT2D eigenvalue weighted by Gasteiger charge is 2.39. The Morgan fingerprint density at radius 2 is 1.67 bits per heavy atom. The van der Waals surface area contributed by atoms with Gasteiger partial charge in [0.2, 0.25) is 0 Å². The van der Waals surface area contributed by atoms with Crippen LogP contribution in [0.3, 0.4) is 0 Å². The molecule has 0 bridgehead atoms. The first-order chi connectivity index (χ1) is 11.1. The molecule has 2 N–H and O–H groups in total. The van der Waals surface area contributed by atoms with Gasteiger partial charge in [-0.1, -0.05) is 6.07 Å². The zero-order valence-corrected chi connectivity index (χ0v) is 13.9. The molecule has 1 fully saturated rings. The molecule has 0 radical (unpaired) electrons. The average Bonchev–Trinajstić information content (AvgIpc) is 2.66. The van der Waals surface area contributed by atoms with Gasteiger partial charge in [0.25, 0.3) is 11.7 Å². The van der Waals surface area contributed by atoms with Gasteiger partial charge in [-0.05, 0) is 31.5 Å². The number of nitrogens with one attached hydrogen (secondary N) is 2. The number of anilines is 1. The minimum Gasteiger partial charge on any atom is -0.419 e. The Morgan fingerprint density at radius 1 is 1.04 bits per heavy atom. The number of benzene rings is 1. The van der Waals surface area contributed by atoms with E-state index in [-0.39, 0.29) is 11.5 Å². The van der Waals surface area contributed by atoms with Crippen LogP contribution in [0.15, 0.2) is 30.0 Å². The maximum Gasteiger partial charge on any atom is 0.350 e. The number of hydrogen-bond acceptors (Lipinski definition) is 6. The minimum absolute atomic E-state index is 0.162. The molecule has 0 unspecified atom stereocenters. The van der Waals surface area contributed by atoms with Crippen molar-refractivity contribution in [2.24, 2.45) is 0 Å². The molecule has 1 amide bonds. The minimum atomic E-state index is -1.28. The molecular formula is C17H18N2O5. The van der Waals surface area contributed by atoms with Crippen molar-refractivity contribution >= 4 is 23.5 Å². The van der Waals surface area contributed by atoms with E-state index in [2.05, 4.69) is 10.6 Å². The van der Waals surface area contributed by atoms with Gasteiger partial charge in [-0.15, -0.1) is 0 Å². The van der Waals surface area contributed by atoms with E-state index in [0.29, 0.717) is 11.3 Å². The second-order valence-electron chi connectivity index (χ2n) is 6.72. The van der Waals surface area contributed by atoms with Gasteiger partial charge in [0.1, 0.15) is 0 Å². The molecule has 24 heavy (non-hydrogen) atoms. The quantitative estimate of drug-likeness (QED) is 0.488. The molecule has 126 valence electrons. The summed E-state index contributed by atoms with van der Waals surface area (Å²) in [6, 6.07) is 5.26. The summed E-state index contributed by atoms with van der Waals surface area (Å²) in [5, 5.41) is 5.72. The van der Waals surface area contributed by atoms with E-state index in [1.165, 1.54) is 20.0 Å². The molecule has 2 heterocycles. The molecule has 1 aromatic carbocycles. The largest absolute Gasteiger partial charge is 0.419 e. The normalized spacial score (nSPS) is 20.7. The summed E-state index contributed by atoms with van der Waals surface area (Å²) in [5.74, 6) is -2.96. The third-order valence-corrected chi connectivity index (χ3v) is 3.86. The van der Waals surface area contributed by atoms with E-state index >= 15 is 0 Å². The molecule has 1 aromatic rings. The van der Waals surface area contributed by atoms with Gasteiger partial charge in [-0.3, -0.25) is 4.79 Å². The van der Waals surface area contributed by atoms with Crippen LogP contribution < -0.4 is 10.6 Å². The van der Waals surface area contributed by atoms with Crippen molar-refractivity contribution in [2.75, 3.05) is 5.32 Å². The number of fused-ring (bicyclic) bond motifs is 1. The summed E-state index contributed by atoms with van der Waals surface area (Å²) in [6.45, 7) is 6.80. The smallest absolute Gasteiger partial charge is 0.350 e. The van der Waals surface area contributed by atoms with Crippen LogP contribution in [0.1, 0.15) is 43.6 Å². The molecule has 3 rings (SSSR count). The van der Waals surface area contributed by atoms with Crippen LogP contribution in [-0.2, 0) is 24.6 Å². The van der Waals surface area contributed by atoms with E-state index in [1.807, 2.05) is 19.9 Å². The van der Waals surface area contributed by atoms with Gasteiger partial charge in [-0.2, -0.15) is 0 Å². The van der Waals surface area contributed by atoms with E-state index in [0.717, 1.165) is 5.56 Å². The molecule has 7 nitrogen and oxygen atoms in total. The fourth-order valence-electron chi connectivity index (χ4n) is 2.72. The van der Waals surface area contributed by atoms with Gasteiger partial charge >= 0.3 is 11.9 Å². The Balaban J connectivity index is 1.83. The molecule has 2 aliphatic heterocycles. The molecule has 0 spiro atoms. The number of rotatable bonds is 2. The summed E-state index contributed by atoms with van der Waals surface area (Å²) in [6.07, 6.45) is 1.22. The average molecular weight is 330 g/mol. The maximum atomic E-state index is 12.0. The monoisotopic (exact) mass is 330 g/mol. The maximum absolute atomic E-state index is 12.0. The lowest BCUT2D eigenvalue weighted by Gasteiger charge is -2.29. The SMILES string of the molecule is CC1(C)OC(=O)C(=CNc2ccc3c(c2)C(=O)NC3(C)C)C(=O)O1. The Bertz CT molecular complexity index is 770. The van der Waals surface area contributed by atoms with Crippen LogP contribution in [-0.4, -0.2) is 23.6 Å². The number of carbonyl (C=O) groups is 3. The lowest BCUT2D eigenvalue weighted by Crippen LogP contribution is -2.42. The highest BCUT2D eigenvalue weighted by molar-refractivity contribution is 6.15. The Labute approximate surface area is 139 Å². The van der Waals surface area contributed by atoms with Crippen LogP contribution in [0.4, 0.5) is 5.69 Å². The molecule has 0 atom stereocenters. The predicted molar refractivity (Wildman–Crippen MR) is 84.9 cm³/mol. The second-order valence-corrected chi connectivity index (χ2v) is 6.72. The first-order valence-corrected chi connectivity index (χ1v) is 7.49. The molecule has 2 aliphatic rings. The molecule has 0 aromatic heterocycles. The number of cyclic esters (lactones) is 2. The highest BCUT2D eigenvalue weighted by atomic mass is 16.7. The topological polar surface area (TPSA) is 93.7 Å². The summed E-state index contributed by atoms with van der Waals surface area (Å²) >= 11 is 0. The van der Waals surface area contributed by atoms with Crippen LogP contribution in [0.25, 0.3) is 0 Å². The molecule has 7 heteroatoms. The standard InChI is InChI=1S/C17H18N2O5/c1-16(2)12-6-5-9(7-10(12)13(20)19-16)18-8-11-14(21)23-17(3,4)24-15(11)22/h5-8,18H,1-4H3,(H,19,20). The first-order valence-electron chi connectivity index (χ1n) is 7.49. The van der Waals surface area contributed by atoms with Crippen molar-refractivity contribution in [1.82, 2.24) is 5.32 Å². The predicted octanol–water partition coefficient (Wildman–Crippen LogP) is 1.80. The first kappa shape index (κ1) is 16.0. The van der Waals surface area contributed by atoms with Crippen molar-refractivity contribution in [3.8, 4) is 0 Å². The Morgan fingerprint density at radius 3 is 2.29 bits per heavy atom. The summed E-state index contributed by atoms with van der Waals surface area (Å²) < 4.78 is 10.0. The van der Waals surface area contributed by atoms with Gasteiger partial charge in [-0.25, -0.2) is 9.59 Å². The van der Waals surface area contributed by atoms with Crippen LogP contribution in [0, 0.1) is 0 Å². The number of carbonyl (C=O) groups excluding carboxylic acids is 3. The fourth-order valence-corrected chi connectivity index (χ4v) is 2.72. The van der Waals surface area contributed by atoms with E-state index in [9.17, 15) is 14.4 Å². The van der Waals surface area contributed by atoms with Crippen molar-refractivity contribution in [2.45, 2.75) is 39.0 Å². The number of ether oxygens (including phenoxy) is 2. The third kappa shape index (κ3) is 2.73. The van der Waals surface area contributed by atoms with Crippen molar-refractivity contribution in [3.05, 3.63) is 41.1 Å². The van der Waals surface area contributed by atoms with Gasteiger partial charge < -0.3 is 20.1 Å². The van der Waals surface area contributed by atoms with Crippen LogP contribution in [0.5, 0.6) is 0 Å². The van der Waals surface area contributed by atoms with Crippen LogP contribution >= 0.6 is 0 Å². The van der Waals surface area contributed by atoms with E-state index in [1.54, 1.807) is 12.1 Å². The molecular weight excluding hydrogens is 312 g/mol. The van der Waals surface area contributed by atoms with Crippen molar-refractivity contribution in [3.63, 3.8) is 0 Å². The van der Waals surface area contributed by atoms with Crippen molar-refractivity contribution in [1.29, 1.82) is 0 Å². The summed E-state index contributed by atoms with van der Waals surface area (Å²) in [7, 11) is 0. The lowest BCUT2D eigenvalue weighted by molar-refractivity contribution is -0.222. The molecule has 1 saturated heterocycles. The van der Waals surface area contributed by atoms with Gasteiger partial charge in [0, 0.05) is 31.3 Å². The van der Waals surface area contributed by atoms with Crippen LogP contribution in [0.2, 0.25) is 0 Å². The Hall–Kier alpha value is -2.83. The number of hydrogen-bond donors (Lipinski definition) is 2. The van der Waals surface area contributed by atoms with Gasteiger partial charge in [0.05, 0.1) is 5.54 Å².